The molecule has 0 aromatic rings. The summed E-state index contributed by atoms with van der Waals surface area (Å²) in [5.41, 5.74) is 0. The standard InChI is InChI=1S/C11H19NO5S/c1-3-9-8-12(6-4-10(9)13)18(15,16)7-5-11(14)17-2/h9H,3-8H2,1-2H3. The molecule has 0 saturated carbocycles. The second-order valence-corrected chi connectivity index (χ2v) is 6.41. The second kappa shape index (κ2) is 6.29. The van der Waals surface area contributed by atoms with Gasteiger partial charge < -0.3 is 4.74 Å². The van der Waals surface area contributed by atoms with Gasteiger partial charge in [-0.3, -0.25) is 9.59 Å². The van der Waals surface area contributed by atoms with Crippen molar-refractivity contribution in [2.75, 3.05) is 26.0 Å². The van der Waals surface area contributed by atoms with Crippen LogP contribution in [0.1, 0.15) is 26.2 Å². The molecule has 0 bridgehead atoms. The van der Waals surface area contributed by atoms with Crippen LogP contribution in [0.3, 0.4) is 0 Å². The van der Waals surface area contributed by atoms with Crippen LogP contribution in [0.5, 0.6) is 0 Å². The minimum atomic E-state index is -3.47. The van der Waals surface area contributed by atoms with Crippen molar-refractivity contribution in [2.45, 2.75) is 26.2 Å². The summed E-state index contributed by atoms with van der Waals surface area (Å²) < 4.78 is 29.7. The van der Waals surface area contributed by atoms with E-state index in [4.69, 9.17) is 0 Å². The molecule has 0 aromatic heterocycles. The zero-order chi connectivity index (χ0) is 13.8. The lowest BCUT2D eigenvalue weighted by molar-refractivity contribution is -0.140. The third kappa shape index (κ3) is 3.78. The van der Waals surface area contributed by atoms with Crippen LogP contribution in [0.2, 0.25) is 0 Å². The molecule has 0 N–H and O–H groups in total. The predicted octanol–water partition coefficient (Wildman–Crippen LogP) is 0.180. The Morgan fingerprint density at radius 1 is 1.50 bits per heavy atom. The van der Waals surface area contributed by atoms with E-state index in [1.54, 1.807) is 0 Å². The highest BCUT2D eigenvalue weighted by atomic mass is 32.2. The smallest absolute Gasteiger partial charge is 0.306 e. The fourth-order valence-corrected chi connectivity index (χ4v) is 3.39. The van der Waals surface area contributed by atoms with E-state index in [1.807, 2.05) is 6.92 Å². The van der Waals surface area contributed by atoms with Gasteiger partial charge in [-0.1, -0.05) is 6.92 Å². The van der Waals surface area contributed by atoms with Gasteiger partial charge in [-0.05, 0) is 6.42 Å². The highest BCUT2D eigenvalue weighted by Crippen LogP contribution is 2.19. The van der Waals surface area contributed by atoms with Crippen LogP contribution in [0, 0.1) is 5.92 Å². The van der Waals surface area contributed by atoms with Crippen molar-refractivity contribution in [1.82, 2.24) is 4.31 Å². The third-order valence-corrected chi connectivity index (χ3v) is 5.00. The third-order valence-electron chi connectivity index (χ3n) is 3.16. The Morgan fingerprint density at radius 3 is 2.72 bits per heavy atom. The Balaban J connectivity index is 2.62. The molecule has 6 nitrogen and oxygen atoms in total. The number of methoxy groups -OCH3 is 1. The van der Waals surface area contributed by atoms with E-state index in [-0.39, 0.29) is 43.4 Å². The Kier molecular flexibility index (Phi) is 5.28. The number of sulfonamides is 1. The van der Waals surface area contributed by atoms with Gasteiger partial charge in [0, 0.05) is 25.4 Å². The van der Waals surface area contributed by atoms with Crippen LogP contribution in [0.4, 0.5) is 0 Å². The van der Waals surface area contributed by atoms with E-state index in [0.717, 1.165) is 0 Å². The summed E-state index contributed by atoms with van der Waals surface area (Å²) in [4.78, 5) is 22.5. The van der Waals surface area contributed by atoms with Crippen molar-refractivity contribution in [3.8, 4) is 0 Å². The van der Waals surface area contributed by atoms with Crippen molar-refractivity contribution in [1.29, 1.82) is 0 Å². The van der Waals surface area contributed by atoms with Crippen LogP contribution in [-0.2, 0) is 24.3 Å². The molecule has 0 aliphatic carbocycles. The first-order chi connectivity index (χ1) is 8.40. The average molecular weight is 277 g/mol. The number of piperidine rings is 1. The number of ether oxygens (including phenoxy) is 1. The number of carbonyl (C=O) groups excluding carboxylic acids is 2. The summed E-state index contributed by atoms with van der Waals surface area (Å²) in [5, 5.41) is 0. The second-order valence-electron chi connectivity index (χ2n) is 4.32. The van der Waals surface area contributed by atoms with Crippen molar-refractivity contribution in [3.05, 3.63) is 0 Å². The van der Waals surface area contributed by atoms with Gasteiger partial charge in [-0.2, -0.15) is 0 Å². The average Bonchev–Trinajstić information content (AvgIpc) is 2.36. The molecule has 1 heterocycles. The number of esters is 1. The Hall–Kier alpha value is -0.950. The molecular weight excluding hydrogens is 258 g/mol. The van der Waals surface area contributed by atoms with E-state index in [1.165, 1.54) is 11.4 Å². The quantitative estimate of drug-likeness (QED) is 0.670. The molecule has 7 heteroatoms. The van der Waals surface area contributed by atoms with Crippen LogP contribution in [0.15, 0.2) is 0 Å². The lowest BCUT2D eigenvalue weighted by atomic mass is 9.96. The van der Waals surface area contributed by atoms with E-state index in [9.17, 15) is 18.0 Å². The molecule has 104 valence electrons. The number of hydrogen-bond donors (Lipinski definition) is 0. The fourth-order valence-electron chi connectivity index (χ4n) is 1.93. The first kappa shape index (κ1) is 15.1. The summed E-state index contributed by atoms with van der Waals surface area (Å²) in [6.07, 6.45) is 0.748. The maximum Gasteiger partial charge on any atom is 0.306 e. The molecule has 18 heavy (non-hydrogen) atoms. The van der Waals surface area contributed by atoms with Crippen molar-refractivity contribution in [2.24, 2.45) is 5.92 Å². The summed E-state index contributed by atoms with van der Waals surface area (Å²) in [6, 6.07) is 0. The minimum Gasteiger partial charge on any atom is -0.469 e. The summed E-state index contributed by atoms with van der Waals surface area (Å²) in [7, 11) is -2.25. The molecule has 0 spiro atoms. The minimum absolute atomic E-state index is 0.122. The molecule has 0 aromatic carbocycles. The number of Topliss-reactive ketones (excluding diaryl/α,β-unsaturated/α-hetero) is 1. The monoisotopic (exact) mass is 277 g/mol. The summed E-state index contributed by atoms with van der Waals surface area (Å²) >= 11 is 0. The number of nitrogens with zero attached hydrogens (tertiary/aromatic N) is 1. The Morgan fingerprint density at radius 2 is 2.17 bits per heavy atom. The predicted molar refractivity (Wildman–Crippen MR) is 65.4 cm³/mol. The van der Waals surface area contributed by atoms with Crippen LogP contribution >= 0.6 is 0 Å². The molecule has 1 aliphatic rings. The zero-order valence-electron chi connectivity index (χ0n) is 10.7. The molecule has 0 amide bonds. The van der Waals surface area contributed by atoms with Gasteiger partial charge >= 0.3 is 5.97 Å². The van der Waals surface area contributed by atoms with Crippen LogP contribution in [-0.4, -0.2) is 50.4 Å². The van der Waals surface area contributed by atoms with Crippen molar-refractivity contribution >= 4 is 21.8 Å². The fraction of sp³-hybridized carbons (Fsp3) is 0.818. The molecular formula is C11H19NO5S. The highest BCUT2D eigenvalue weighted by molar-refractivity contribution is 7.89. The van der Waals surface area contributed by atoms with Crippen molar-refractivity contribution in [3.63, 3.8) is 0 Å². The molecule has 1 atom stereocenters. The van der Waals surface area contributed by atoms with Gasteiger partial charge in [0.2, 0.25) is 10.0 Å². The molecule has 0 radical (unpaired) electrons. The van der Waals surface area contributed by atoms with E-state index in [0.29, 0.717) is 6.42 Å². The SMILES string of the molecule is CCC1CN(S(=O)(=O)CCC(=O)OC)CCC1=O. The summed E-state index contributed by atoms with van der Waals surface area (Å²) in [6.45, 7) is 2.32. The van der Waals surface area contributed by atoms with Gasteiger partial charge in [0.1, 0.15) is 5.78 Å². The molecule has 1 unspecified atom stereocenters. The van der Waals surface area contributed by atoms with Crippen LogP contribution in [0.25, 0.3) is 0 Å². The van der Waals surface area contributed by atoms with Gasteiger partial charge in [0.05, 0.1) is 19.3 Å². The largest absolute Gasteiger partial charge is 0.469 e. The number of ketones is 1. The normalized spacial score (nSPS) is 21.9. The van der Waals surface area contributed by atoms with Gasteiger partial charge in [-0.15, -0.1) is 0 Å². The lowest BCUT2D eigenvalue weighted by Crippen LogP contribution is -2.45. The zero-order valence-corrected chi connectivity index (χ0v) is 11.5. The van der Waals surface area contributed by atoms with Gasteiger partial charge in [0.25, 0.3) is 0 Å². The summed E-state index contributed by atoms with van der Waals surface area (Å²) in [5.74, 6) is -0.896. The lowest BCUT2D eigenvalue weighted by Gasteiger charge is -2.30. The number of carbonyl (C=O) groups is 2. The Bertz CT molecular complexity index is 417. The molecule has 1 aliphatic heterocycles. The van der Waals surface area contributed by atoms with E-state index in [2.05, 4.69) is 4.74 Å². The molecule has 1 fully saturated rings. The highest BCUT2D eigenvalue weighted by Gasteiger charge is 2.32. The first-order valence-corrected chi connectivity index (χ1v) is 7.59. The van der Waals surface area contributed by atoms with E-state index < -0.39 is 16.0 Å². The molecule has 1 rings (SSSR count). The first-order valence-electron chi connectivity index (χ1n) is 5.98. The van der Waals surface area contributed by atoms with E-state index >= 15 is 0 Å². The maximum atomic E-state index is 12.0. The molecule has 1 saturated heterocycles. The topological polar surface area (TPSA) is 80.8 Å². The number of rotatable bonds is 5. The van der Waals surface area contributed by atoms with Crippen molar-refractivity contribution < 1.29 is 22.7 Å². The van der Waals surface area contributed by atoms with Gasteiger partial charge in [0.15, 0.2) is 0 Å². The maximum absolute atomic E-state index is 12.0. The number of hydrogen-bond acceptors (Lipinski definition) is 5. The van der Waals surface area contributed by atoms with Gasteiger partial charge in [-0.25, -0.2) is 12.7 Å². The van der Waals surface area contributed by atoms with Crippen LogP contribution < -0.4 is 0 Å². The Labute approximate surface area is 107 Å².